The summed E-state index contributed by atoms with van der Waals surface area (Å²) in [5, 5.41) is 50.6. The lowest BCUT2D eigenvalue weighted by Crippen LogP contribution is -2.61. The molecule has 2 heterocycles. The summed E-state index contributed by atoms with van der Waals surface area (Å²) in [6.07, 6.45) is -10.8. The summed E-state index contributed by atoms with van der Waals surface area (Å²) in [5.41, 5.74) is 1.89. The highest BCUT2D eigenvalue weighted by molar-refractivity contribution is 5.91. The third-order valence-corrected chi connectivity index (χ3v) is 7.37. The second kappa shape index (κ2) is 12.4. The summed E-state index contributed by atoms with van der Waals surface area (Å²) in [6, 6.07) is 20.1. The highest BCUT2D eigenvalue weighted by Crippen LogP contribution is 2.40. The summed E-state index contributed by atoms with van der Waals surface area (Å²) in [6.45, 7) is 0. The normalized spacial score (nSPS) is 28.3. The molecule has 12 heteroatoms. The molecule has 5 rings (SSSR count). The zero-order valence-corrected chi connectivity index (χ0v) is 22.1. The van der Waals surface area contributed by atoms with Crippen molar-refractivity contribution in [2.45, 2.75) is 61.8 Å². The van der Waals surface area contributed by atoms with Crippen LogP contribution in [0.1, 0.15) is 23.6 Å². The molecule has 2 fully saturated rings. The smallest absolute Gasteiger partial charge is 0.415 e. The maximum absolute atomic E-state index is 13.7. The van der Waals surface area contributed by atoms with Gasteiger partial charge in [-0.1, -0.05) is 42.5 Å². The molecule has 2 aliphatic rings. The molecule has 2 aliphatic heterocycles. The Balaban J connectivity index is 1.39. The number of carbonyl (C=O) groups excluding carboxylic acids is 1. The van der Waals surface area contributed by atoms with Gasteiger partial charge in [-0.2, -0.15) is 0 Å². The van der Waals surface area contributed by atoms with E-state index in [-0.39, 0.29) is 5.75 Å². The lowest BCUT2D eigenvalue weighted by atomic mass is 9.93. The number of hydrogen-bond acceptors (Lipinski definition) is 9. The van der Waals surface area contributed by atoms with Crippen LogP contribution < -0.4 is 9.64 Å². The van der Waals surface area contributed by atoms with Gasteiger partial charge in [0.15, 0.2) is 12.2 Å². The maximum atomic E-state index is 13.7. The molecule has 0 aromatic heterocycles. The van der Waals surface area contributed by atoms with Crippen LogP contribution in [0.15, 0.2) is 78.9 Å². The number of benzene rings is 3. The Morgan fingerprint density at radius 3 is 2.24 bits per heavy atom. The zero-order chi connectivity index (χ0) is 30.0. The van der Waals surface area contributed by atoms with Gasteiger partial charge in [0.2, 0.25) is 6.29 Å². The molecule has 222 valence electrons. The number of rotatable bonds is 9. The number of ether oxygens (including phenoxy) is 3. The van der Waals surface area contributed by atoms with Crippen LogP contribution in [-0.2, 0) is 20.7 Å². The van der Waals surface area contributed by atoms with Crippen molar-refractivity contribution in [1.29, 1.82) is 0 Å². The fraction of sp³-hybridized carbons (Fsp3) is 0.333. The van der Waals surface area contributed by atoms with Gasteiger partial charge in [0.1, 0.15) is 35.9 Å². The number of nitrogens with zero attached hydrogens (tertiary/aromatic N) is 1. The molecular formula is C30H30FNO10. The molecule has 8 atom stereocenters. The molecule has 1 amide bonds. The van der Waals surface area contributed by atoms with E-state index in [4.69, 9.17) is 14.2 Å². The van der Waals surface area contributed by atoms with Crippen LogP contribution >= 0.6 is 0 Å². The number of carboxylic acids is 1. The van der Waals surface area contributed by atoms with E-state index < -0.39 is 66.8 Å². The largest absolute Gasteiger partial charge is 0.479 e. The third kappa shape index (κ3) is 6.08. The quantitative estimate of drug-likeness (QED) is 0.252. The van der Waals surface area contributed by atoms with E-state index in [1.54, 1.807) is 12.1 Å². The molecule has 2 saturated heterocycles. The van der Waals surface area contributed by atoms with Crippen molar-refractivity contribution in [1.82, 2.24) is 0 Å². The number of hydrogen-bond donors (Lipinski definition) is 5. The van der Waals surface area contributed by atoms with E-state index in [1.165, 1.54) is 41.3 Å². The predicted molar refractivity (Wildman–Crippen MR) is 144 cm³/mol. The number of aliphatic hydroxyl groups is 4. The molecule has 0 aliphatic carbocycles. The Morgan fingerprint density at radius 2 is 1.60 bits per heavy atom. The molecule has 3 aromatic carbocycles. The fourth-order valence-corrected chi connectivity index (χ4v) is 5.14. The SMILES string of the molecule is O=C(O)[C@@H]1O[C@H](Oc2ccc([C@H]3C([C@H](O)CCc4ccccc4)OC(=O)N3c3ccc(F)cc3)cc2)[C@@H](O)[C@H](O)[C@H]1O. The minimum absolute atomic E-state index is 0.121. The van der Waals surface area contributed by atoms with Crippen LogP contribution in [0.5, 0.6) is 5.75 Å². The molecule has 0 spiro atoms. The van der Waals surface area contributed by atoms with E-state index >= 15 is 0 Å². The first-order chi connectivity index (χ1) is 20.1. The van der Waals surface area contributed by atoms with E-state index in [0.29, 0.717) is 24.1 Å². The predicted octanol–water partition coefficient (Wildman–Crippen LogP) is 2.16. The Hall–Kier alpha value is -4.07. The fourth-order valence-electron chi connectivity index (χ4n) is 5.14. The van der Waals surface area contributed by atoms with Gasteiger partial charge < -0.3 is 39.7 Å². The highest BCUT2D eigenvalue weighted by atomic mass is 19.1. The third-order valence-electron chi connectivity index (χ3n) is 7.37. The number of carbonyl (C=O) groups is 2. The Kier molecular flexibility index (Phi) is 8.71. The van der Waals surface area contributed by atoms with Crippen molar-refractivity contribution in [3.63, 3.8) is 0 Å². The first kappa shape index (κ1) is 29.4. The van der Waals surface area contributed by atoms with Crippen LogP contribution in [-0.4, -0.2) is 80.5 Å². The minimum atomic E-state index is -1.86. The summed E-state index contributed by atoms with van der Waals surface area (Å²) >= 11 is 0. The first-order valence-corrected chi connectivity index (χ1v) is 13.3. The number of anilines is 1. The number of carboxylic acid groups (broad SMARTS) is 1. The monoisotopic (exact) mass is 583 g/mol. The van der Waals surface area contributed by atoms with Crippen molar-refractivity contribution in [2.24, 2.45) is 0 Å². The number of amides is 1. The van der Waals surface area contributed by atoms with Crippen molar-refractivity contribution in [3.8, 4) is 5.75 Å². The highest BCUT2D eigenvalue weighted by Gasteiger charge is 2.49. The van der Waals surface area contributed by atoms with Crippen LogP contribution in [0.3, 0.4) is 0 Å². The van der Waals surface area contributed by atoms with Crippen LogP contribution in [0.25, 0.3) is 0 Å². The zero-order valence-electron chi connectivity index (χ0n) is 22.1. The van der Waals surface area contributed by atoms with Gasteiger partial charge in [-0.25, -0.2) is 14.0 Å². The molecule has 11 nitrogen and oxygen atoms in total. The van der Waals surface area contributed by atoms with E-state index in [1.807, 2.05) is 30.3 Å². The topological polar surface area (TPSA) is 166 Å². The van der Waals surface area contributed by atoms with Gasteiger partial charge in [-0.05, 0) is 60.4 Å². The van der Waals surface area contributed by atoms with Crippen molar-refractivity contribution >= 4 is 17.7 Å². The molecule has 42 heavy (non-hydrogen) atoms. The van der Waals surface area contributed by atoms with Gasteiger partial charge in [-0.3, -0.25) is 4.90 Å². The number of aliphatic hydroxyl groups excluding tert-OH is 4. The molecule has 3 aromatic rings. The average molecular weight is 584 g/mol. The Morgan fingerprint density at radius 1 is 0.929 bits per heavy atom. The van der Waals surface area contributed by atoms with E-state index in [9.17, 15) is 39.5 Å². The van der Waals surface area contributed by atoms with Gasteiger partial charge in [0, 0.05) is 5.69 Å². The average Bonchev–Trinajstić information content (AvgIpc) is 3.34. The molecule has 1 unspecified atom stereocenters. The molecular weight excluding hydrogens is 553 g/mol. The van der Waals surface area contributed by atoms with Crippen molar-refractivity contribution in [2.75, 3.05) is 4.90 Å². The number of aryl methyl sites for hydroxylation is 1. The van der Waals surface area contributed by atoms with Crippen LogP contribution in [0.4, 0.5) is 14.9 Å². The second-order valence-corrected chi connectivity index (χ2v) is 10.2. The van der Waals surface area contributed by atoms with Gasteiger partial charge in [-0.15, -0.1) is 0 Å². The summed E-state index contributed by atoms with van der Waals surface area (Å²) in [5.74, 6) is -1.91. The summed E-state index contributed by atoms with van der Waals surface area (Å²) < 4.78 is 30.1. The van der Waals surface area contributed by atoms with Gasteiger partial charge in [0.25, 0.3) is 0 Å². The Labute approximate surface area is 239 Å². The van der Waals surface area contributed by atoms with Crippen molar-refractivity contribution < 1.29 is 53.7 Å². The molecule has 0 bridgehead atoms. The molecule has 0 saturated carbocycles. The second-order valence-electron chi connectivity index (χ2n) is 10.2. The van der Waals surface area contributed by atoms with Crippen LogP contribution in [0.2, 0.25) is 0 Å². The van der Waals surface area contributed by atoms with Gasteiger partial charge >= 0.3 is 12.1 Å². The molecule has 0 radical (unpaired) electrons. The van der Waals surface area contributed by atoms with E-state index in [2.05, 4.69) is 0 Å². The standard InChI is InChI=1S/C30H30FNO10/c31-18-9-11-19(12-10-18)32-22(26(42-30(32)39)21(33)15-6-16-4-2-1-3-5-16)17-7-13-20(14-8-17)40-29-25(36)23(34)24(35)27(41-29)28(37)38/h1-5,7-14,21-27,29,33-36H,6,15H2,(H,37,38)/t21-,22+,23-,24-,25+,26?,27-,29+/m1/s1. The molecule has 5 N–H and O–H groups in total. The van der Waals surface area contributed by atoms with Gasteiger partial charge in [0.05, 0.1) is 6.10 Å². The number of aliphatic carboxylic acids is 1. The summed E-state index contributed by atoms with van der Waals surface area (Å²) in [4.78, 5) is 25.8. The first-order valence-electron chi connectivity index (χ1n) is 13.3. The number of cyclic esters (lactones) is 1. The van der Waals surface area contributed by atoms with E-state index in [0.717, 1.165) is 5.56 Å². The number of halogens is 1. The lowest BCUT2D eigenvalue weighted by Gasteiger charge is -2.38. The summed E-state index contributed by atoms with van der Waals surface area (Å²) in [7, 11) is 0. The lowest BCUT2D eigenvalue weighted by molar-refractivity contribution is -0.271. The maximum Gasteiger partial charge on any atom is 0.415 e. The van der Waals surface area contributed by atoms with Crippen LogP contribution in [0, 0.1) is 5.82 Å². The minimum Gasteiger partial charge on any atom is -0.479 e. The van der Waals surface area contributed by atoms with Crippen molar-refractivity contribution in [3.05, 3.63) is 95.8 Å². The Bertz CT molecular complexity index is 1370.